The van der Waals surface area contributed by atoms with Crippen LogP contribution in [0.15, 0.2) is 58.4 Å². The molecule has 3 rings (SSSR count). The number of rotatable bonds is 7. The van der Waals surface area contributed by atoms with Crippen molar-refractivity contribution in [2.75, 3.05) is 11.9 Å². The molecule has 0 radical (unpaired) electrons. The number of nitrogens with zero attached hydrogens (tertiary/aromatic N) is 1. The minimum absolute atomic E-state index is 0.0259. The molecule has 0 spiro atoms. The molecule has 0 aliphatic carbocycles. The van der Waals surface area contributed by atoms with E-state index in [1.165, 1.54) is 12.1 Å². The van der Waals surface area contributed by atoms with Gasteiger partial charge in [-0.15, -0.1) is 0 Å². The predicted molar refractivity (Wildman–Crippen MR) is 127 cm³/mol. The van der Waals surface area contributed by atoms with Crippen LogP contribution in [0.5, 0.6) is 0 Å². The molecule has 176 valence electrons. The molecule has 9 nitrogen and oxygen atoms in total. The SMILES string of the molecule is Cc1ccccc1C(CC(=O)Nc1cccc(S(=O)(=O)NC2=NCCCCC2)c1)NC(N)=O. The van der Waals surface area contributed by atoms with Gasteiger partial charge in [0.25, 0.3) is 10.0 Å². The highest BCUT2D eigenvalue weighted by Crippen LogP contribution is 2.22. The number of amides is 3. The molecule has 2 aromatic rings. The van der Waals surface area contributed by atoms with Crippen LogP contribution in [0.25, 0.3) is 0 Å². The largest absolute Gasteiger partial charge is 0.352 e. The molecule has 2 aromatic carbocycles. The third-order valence-electron chi connectivity index (χ3n) is 5.32. The van der Waals surface area contributed by atoms with E-state index in [4.69, 9.17) is 5.73 Å². The smallest absolute Gasteiger partial charge is 0.312 e. The van der Waals surface area contributed by atoms with E-state index in [1.807, 2.05) is 31.2 Å². The minimum Gasteiger partial charge on any atom is -0.352 e. The van der Waals surface area contributed by atoms with Crippen molar-refractivity contribution in [1.29, 1.82) is 0 Å². The summed E-state index contributed by atoms with van der Waals surface area (Å²) >= 11 is 0. The van der Waals surface area contributed by atoms with Gasteiger partial charge in [0, 0.05) is 18.7 Å². The van der Waals surface area contributed by atoms with Gasteiger partial charge in [0.15, 0.2) is 0 Å². The molecule has 0 saturated carbocycles. The Morgan fingerprint density at radius 2 is 1.88 bits per heavy atom. The molecule has 3 amide bonds. The second-order valence-corrected chi connectivity index (χ2v) is 9.62. The Kier molecular flexibility index (Phi) is 8.05. The number of hydrogen-bond acceptors (Lipinski definition) is 5. The fourth-order valence-electron chi connectivity index (χ4n) is 3.70. The van der Waals surface area contributed by atoms with Crippen LogP contribution in [0.4, 0.5) is 10.5 Å². The number of primary amides is 1. The number of sulfonamides is 1. The summed E-state index contributed by atoms with van der Waals surface area (Å²) in [5.74, 6) is 0.0631. The van der Waals surface area contributed by atoms with Crippen molar-refractivity contribution >= 4 is 33.5 Å². The van der Waals surface area contributed by atoms with Gasteiger partial charge in [-0.3, -0.25) is 14.5 Å². The first kappa shape index (κ1) is 24.2. The zero-order valence-electron chi connectivity index (χ0n) is 18.5. The van der Waals surface area contributed by atoms with Gasteiger partial charge in [0.1, 0.15) is 5.84 Å². The van der Waals surface area contributed by atoms with Crippen molar-refractivity contribution in [3.63, 3.8) is 0 Å². The lowest BCUT2D eigenvalue weighted by Gasteiger charge is -2.20. The molecule has 0 aromatic heterocycles. The standard InChI is InChI=1S/C23H29N5O4S/c1-16-8-4-5-11-19(16)20(27-23(24)30)15-22(29)26-17-9-7-10-18(14-17)33(31,32)28-21-12-3-2-6-13-25-21/h4-5,7-11,14,20H,2-3,6,12-13,15H2,1H3,(H,25,28)(H,26,29)(H3,24,27,30). The molecular formula is C23H29N5O4S. The maximum Gasteiger partial charge on any atom is 0.312 e. The number of carbonyl (C=O) groups is 2. The molecule has 1 atom stereocenters. The Morgan fingerprint density at radius 1 is 1.09 bits per heavy atom. The first-order valence-electron chi connectivity index (χ1n) is 10.8. The number of benzene rings is 2. The van der Waals surface area contributed by atoms with Crippen molar-refractivity contribution in [1.82, 2.24) is 10.0 Å². The van der Waals surface area contributed by atoms with Gasteiger partial charge in [-0.05, 0) is 49.1 Å². The molecule has 5 N–H and O–H groups in total. The molecule has 0 saturated heterocycles. The normalized spacial score (nSPS) is 15.0. The lowest BCUT2D eigenvalue weighted by Crippen LogP contribution is -2.35. The molecule has 0 bridgehead atoms. The second-order valence-electron chi connectivity index (χ2n) is 7.94. The van der Waals surface area contributed by atoms with Crippen molar-refractivity contribution in [2.24, 2.45) is 10.7 Å². The average Bonchev–Trinajstić information content (AvgIpc) is 3.01. The Labute approximate surface area is 193 Å². The van der Waals surface area contributed by atoms with E-state index in [-0.39, 0.29) is 11.3 Å². The van der Waals surface area contributed by atoms with Crippen LogP contribution in [0, 0.1) is 6.92 Å². The van der Waals surface area contributed by atoms with E-state index in [2.05, 4.69) is 20.3 Å². The summed E-state index contributed by atoms with van der Waals surface area (Å²) in [6.07, 6.45) is 3.37. The predicted octanol–water partition coefficient (Wildman–Crippen LogP) is 2.98. The number of aryl methyl sites for hydroxylation is 1. The highest BCUT2D eigenvalue weighted by Gasteiger charge is 2.21. The van der Waals surface area contributed by atoms with Crippen LogP contribution >= 0.6 is 0 Å². The highest BCUT2D eigenvalue weighted by atomic mass is 32.2. The van der Waals surface area contributed by atoms with E-state index in [0.717, 1.165) is 30.4 Å². The summed E-state index contributed by atoms with van der Waals surface area (Å²) in [6.45, 7) is 2.48. The van der Waals surface area contributed by atoms with Crippen LogP contribution in [0.1, 0.15) is 49.3 Å². The second kappa shape index (κ2) is 11.0. The third-order valence-corrected chi connectivity index (χ3v) is 6.70. The summed E-state index contributed by atoms with van der Waals surface area (Å²) in [4.78, 5) is 28.5. The maximum atomic E-state index is 12.8. The quantitative estimate of drug-likeness (QED) is 0.492. The Hall–Kier alpha value is -3.40. The number of aliphatic imine (C=N–C) groups is 1. The van der Waals surface area contributed by atoms with E-state index in [0.29, 0.717) is 24.5 Å². The van der Waals surface area contributed by atoms with Gasteiger partial charge in [-0.1, -0.05) is 36.8 Å². The molecule has 1 heterocycles. The number of carbonyl (C=O) groups excluding carboxylic acids is 2. The Balaban J connectivity index is 1.72. The average molecular weight is 472 g/mol. The first-order chi connectivity index (χ1) is 15.7. The van der Waals surface area contributed by atoms with Crippen LogP contribution in [-0.2, 0) is 14.8 Å². The lowest BCUT2D eigenvalue weighted by molar-refractivity contribution is -0.116. The topological polar surface area (TPSA) is 143 Å². The van der Waals surface area contributed by atoms with E-state index >= 15 is 0 Å². The molecule has 10 heteroatoms. The molecule has 33 heavy (non-hydrogen) atoms. The number of nitrogens with one attached hydrogen (secondary N) is 3. The zero-order chi connectivity index (χ0) is 23.8. The fourth-order valence-corrected chi connectivity index (χ4v) is 4.83. The van der Waals surface area contributed by atoms with Crippen LogP contribution < -0.4 is 21.1 Å². The fraction of sp³-hybridized carbons (Fsp3) is 0.348. The number of amidine groups is 1. The third kappa shape index (κ3) is 7.04. The lowest BCUT2D eigenvalue weighted by atomic mass is 9.98. The van der Waals surface area contributed by atoms with E-state index in [9.17, 15) is 18.0 Å². The summed E-state index contributed by atoms with van der Waals surface area (Å²) in [5.41, 5.74) is 7.31. The summed E-state index contributed by atoms with van der Waals surface area (Å²) in [7, 11) is -3.83. The number of urea groups is 1. The van der Waals surface area contributed by atoms with Gasteiger partial charge >= 0.3 is 6.03 Å². The van der Waals surface area contributed by atoms with Crippen LogP contribution in [0.2, 0.25) is 0 Å². The molecule has 1 aliphatic rings. The van der Waals surface area contributed by atoms with Crippen LogP contribution in [-0.4, -0.2) is 32.7 Å². The summed E-state index contributed by atoms with van der Waals surface area (Å²) in [5, 5.41) is 5.31. The molecule has 1 unspecified atom stereocenters. The molecular weight excluding hydrogens is 442 g/mol. The van der Waals surface area contributed by atoms with Gasteiger partial charge in [-0.25, -0.2) is 13.2 Å². The van der Waals surface area contributed by atoms with Gasteiger partial charge in [0.2, 0.25) is 5.91 Å². The number of anilines is 1. The van der Waals surface area contributed by atoms with Crippen molar-refractivity contribution < 1.29 is 18.0 Å². The van der Waals surface area contributed by atoms with E-state index in [1.54, 1.807) is 12.1 Å². The molecule has 0 fully saturated rings. The van der Waals surface area contributed by atoms with Gasteiger partial charge in [0.05, 0.1) is 17.4 Å². The summed E-state index contributed by atoms with van der Waals surface area (Å²) in [6, 6.07) is 12.0. The highest BCUT2D eigenvalue weighted by molar-refractivity contribution is 7.90. The maximum absolute atomic E-state index is 12.8. The van der Waals surface area contributed by atoms with Crippen molar-refractivity contribution in [3.8, 4) is 0 Å². The zero-order valence-corrected chi connectivity index (χ0v) is 19.3. The Morgan fingerprint density at radius 3 is 2.64 bits per heavy atom. The van der Waals surface area contributed by atoms with Crippen LogP contribution in [0.3, 0.4) is 0 Å². The van der Waals surface area contributed by atoms with Gasteiger partial charge in [-0.2, -0.15) is 0 Å². The molecule has 1 aliphatic heterocycles. The first-order valence-corrected chi connectivity index (χ1v) is 12.3. The number of nitrogens with two attached hydrogens (primary N) is 1. The van der Waals surface area contributed by atoms with Gasteiger partial charge < -0.3 is 16.4 Å². The summed E-state index contributed by atoms with van der Waals surface area (Å²) < 4.78 is 28.2. The van der Waals surface area contributed by atoms with Crippen molar-refractivity contribution in [3.05, 3.63) is 59.7 Å². The Bertz CT molecular complexity index is 1150. The minimum atomic E-state index is -3.83. The monoisotopic (exact) mass is 471 g/mol. The number of hydrogen-bond donors (Lipinski definition) is 4. The van der Waals surface area contributed by atoms with E-state index < -0.39 is 28.0 Å². The van der Waals surface area contributed by atoms with Crippen molar-refractivity contribution in [2.45, 2.75) is 50.0 Å².